The Morgan fingerprint density at radius 3 is 2.67 bits per heavy atom. The van der Waals surface area contributed by atoms with Gasteiger partial charge < -0.3 is 0 Å². The zero-order valence-electron chi connectivity index (χ0n) is 14.2. The van der Waals surface area contributed by atoms with Crippen LogP contribution in [0.25, 0.3) is 0 Å². The molecule has 3 atom stereocenters. The van der Waals surface area contributed by atoms with E-state index < -0.39 is 0 Å². The molecule has 0 aromatic carbocycles. The smallest absolute Gasteiger partial charge is 0.159 e. The van der Waals surface area contributed by atoms with Crippen molar-refractivity contribution < 1.29 is 4.79 Å². The average molecular weight is 286 g/mol. The third kappa shape index (κ3) is 2.80. The average Bonchev–Trinajstić information content (AvgIpc) is 2.35. The molecule has 0 aromatic rings. The summed E-state index contributed by atoms with van der Waals surface area (Å²) >= 11 is 0. The molecule has 1 fully saturated rings. The fourth-order valence-electron chi connectivity index (χ4n) is 5.11. The molecule has 0 N–H and O–H groups in total. The van der Waals surface area contributed by atoms with Gasteiger partial charge in [0.2, 0.25) is 0 Å². The summed E-state index contributed by atoms with van der Waals surface area (Å²) in [6, 6.07) is 0. The quantitative estimate of drug-likeness (QED) is 0.625. The van der Waals surface area contributed by atoms with E-state index in [-0.39, 0.29) is 16.7 Å². The minimum absolute atomic E-state index is 0.110. The van der Waals surface area contributed by atoms with Crippen molar-refractivity contribution in [1.29, 1.82) is 0 Å². The third-order valence-corrected chi connectivity index (χ3v) is 6.02. The lowest BCUT2D eigenvalue weighted by Gasteiger charge is -2.55. The molecule has 1 saturated carbocycles. The maximum atomic E-state index is 12.7. The fourth-order valence-corrected chi connectivity index (χ4v) is 5.11. The number of fused-ring (bicyclic) bond motifs is 1. The summed E-state index contributed by atoms with van der Waals surface area (Å²) < 4.78 is 0. The highest BCUT2D eigenvalue weighted by Crippen LogP contribution is 2.59. The molecule has 0 spiro atoms. The summed E-state index contributed by atoms with van der Waals surface area (Å²) in [5, 5.41) is 0. The van der Waals surface area contributed by atoms with Crippen molar-refractivity contribution in [3.8, 4) is 0 Å². The van der Waals surface area contributed by atoms with Crippen LogP contribution in [0, 0.1) is 22.7 Å². The van der Waals surface area contributed by atoms with Gasteiger partial charge in [0.15, 0.2) is 5.78 Å². The van der Waals surface area contributed by atoms with Crippen molar-refractivity contribution in [2.24, 2.45) is 22.7 Å². The number of carbonyl (C=O) groups excluding carboxylic acids is 1. The molecule has 0 saturated heterocycles. The van der Waals surface area contributed by atoms with Crippen molar-refractivity contribution in [3.05, 3.63) is 36.5 Å². The number of rotatable bonds is 4. The van der Waals surface area contributed by atoms with Crippen LogP contribution in [0.1, 0.15) is 59.8 Å². The van der Waals surface area contributed by atoms with E-state index in [4.69, 9.17) is 0 Å². The Kier molecular flexibility index (Phi) is 4.33. The summed E-state index contributed by atoms with van der Waals surface area (Å²) in [6.45, 7) is 16.9. The van der Waals surface area contributed by atoms with E-state index >= 15 is 0 Å². The molecule has 2 aliphatic carbocycles. The maximum Gasteiger partial charge on any atom is 0.159 e. The Bertz CT molecular complexity index is 494. The second-order valence-corrected chi connectivity index (χ2v) is 8.03. The lowest BCUT2D eigenvalue weighted by atomic mass is 9.48. The van der Waals surface area contributed by atoms with Gasteiger partial charge in [-0.3, -0.25) is 4.79 Å². The van der Waals surface area contributed by atoms with E-state index in [2.05, 4.69) is 40.9 Å². The zero-order valence-corrected chi connectivity index (χ0v) is 14.2. The number of hydrogen-bond donors (Lipinski definition) is 0. The first kappa shape index (κ1) is 16.3. The molecule has 1 nitrogen and oxygen atoms in total. The van der Waals surface area contributed by atoms with Gasteiger partial charge >= 0.3 is 0 Å². The highest BCUT2D eigenvalue weighted by molar-refractivity contribution is 5.94. The highest BCUT2D eigenvalue weighted by Gasteiger charge is 2.55. The van der Waals surface area contributed by atoms with Crippen LogP contribution in [0.4, 0.5) is 0 Å². The van der Waals surface area contributed by atoms with Gasteiger partial charge in [-0.2, -0.15) is 0 Å². The molecule has 0 radical (unpaired) electrons. The first-order valence-corrected chi connectivity index (χ1v) is 8.24. The summed E-state index contributed by atoms with van der Waals surface area (Å²) in [5.41, 5.74) is 2.61. The van der Waals surface area contributed by atoms with E-state index in [1.807, 2.05) is 12.2 Å². The van der Waals surface area contributed by atoms with Crippen LogP contribution in [0.5, 0.6) is 0 Å². The van der Waals surface area contributed by atoms with Gasteiger partial charge in [0.25, 0.3) is 0 Å². The summed E-state index contributed by atoms with van der Waals surface area (Å²) in [6.07, 6.45) is 9.43. The predicted octanol–water partition coefficient (Wildman–Crippen LogP) is 5.49. The molecule has 21 heavy (non-hydrogen) atoms. The van der Waals surface area contributed by atoms with Crippen molar-refractivity contribution >= 4 is 5.78 Å². The first-order chi connectivity index (χ1) is 9.72. The number of allylic oxidation sites excluding steroid dienone is 4. The molecular formula is C20H30O. The molecular weight excluding hydrogens is 256 g/mol. The Morgan fingerprint density at radius 1 is 1.38 bits per heavy atom. The summed E-state index contributed by atoms with van der Waals surface area (Å²) in [5.74, 6) is 1.03. The van der Waals surface area contributed by atoms with Gasteiger partial charge in [0, 0.05) is 5.92 Å². The molecule has 2 aliphatic rings. The van der Waals surface area contributed by atoms with Gasteiger partial charge in [0.05, 0.1) is 0 Å². The SMILES string of the molecule is C=CC(=C)CC[C@H]1C(C)=CC(=O)[C@H]2C(C)(C)CCC[C@]12C. The second-order valence-electron chi connectivity index (χ2n) is 8.03. The highest BCUT2D eigenvalue weighted by atomic mass is 16.1. The van der Waals surface area contributed by atoms with Gasteiger partial charge in [-0.1, -0.05) is 57.6 Å². The molecule has 1 heteroatoms. The summed E-state index contributed by atoms with van der Waals surface area (Å²) in [7, 11) is 0. The standard InChI is InChI=1S/C20H30O/c1-7-14(2)9-10-16-15(3)13-17(21)18-19(4,5)11-8-12-20(16,18)6/h7,13,16,18H,1-2,8-12H2,3-6H3/t16-,18-,20+/m0/s1. The molecule has 116 valence electrons. The number of ketones is 1. The molecule has 0 heterocycles. The molecule has 0 amide bonds. The number of hydrogen-bond acceptors (Lipinski definition) is 1. The lowest BCUT2D eigenvalue weighted by Crippen LogP contribution is -2.52. The van der Waals surface area contributed by atoms with Gasteiger partial charge in [-0.25, -0.2) is 0 Å². The van der Waals surface area contributed by atoms with E-state index in [0.717, 1.165) is 24.8 Å². The van der Waals surface area contributed by atoms with E-state index in [0.29, 0.717) is 11.7 Å². The molecule has 0 aromatic heterocycles. The maximum absolute atomic E-state index is 12.7. The third-order valence-electron chi connectivity index (χ3n) is 6.02. The van der Waals surface area contributed by atoms with E-state index in [1.54, 1.807) is 0 Å². The van der Waals surface area contributed by atoms with Gasteiger partial charge in [-0.05, 0) is 55.4 Å². The zero-order chi connectivity index (χ0) is 15.8. The predicted molar refractivity (Wildman–Crippen MR) is 90.1 cm³/mol. The van der Waals surface area contributed by atoms with Crippen LogP contribution in [-0.4, -0.2) is 5.78 Å². The molecule has 2 rings (SSSR count). The van der Waals surface area contributed by atoms with Crippen LogP contribution < -0.4 is 0 Å². The number of carbonyl (C=O) groups is 1. The first-order valence-electron chi connectivity index (χ1n) is 8.24. The van der Waals surface area contributed by atoms with E-state index in [1.165, 1.54) is 18.4 Å². The normalized spacial score (nSPS) is 34.9. The van der Waals surface area contributed by atoms with E-state index in [9.17, 15) is 4.79 Å². The van der Waals surface area contributed by atoms with Crippen LogP contribution in [-0.2, 0) is 4.79 Å². The van der Waals surface area contributed by atoms with Crippen molar-refractivity contribution in [2.75, 3.05) is 0 Å². The largest absolute Gasteiger partial charge is 0.295 e. The molecule has 0 aliphatic heterocycles. The Hall–Kier alpha value is -1.11. The van der Waals surface area contributed by atoms with Gasteiger partial charge in [-0.15, -0.1) is 0 Å². The fraction of sp³-hybridized carbons (Fsp3) is 0.650. The minimum Gasteiger partial charge on any atom is -0.295 e. The molecule has 0 unspecified atom stereocenters. The van der Waals surface area contributed by atoms with Crippen molar-refractivity contribution in [2.45, 2.75) is 59.8 Å². The molecule has 0 bridgehead atoms. The minimum atomic E-state index is 0.110. The van der Waals surface area contributed by atoms with Crippen LogP contribution >= 0.6 is 0 Å². The monoisotopic (exact) mass is 286 g/mol. The van der Waals surface area contributed by atoms with Gasteiger partial charge in [0.1, 0.15) is 0 Å². The topological polar surface area (TPSA) is 17.1 Å². The Labute approximate surface area is 130 Å². The lowest BCUT2D eigenvalue weighted by molar-refractivity contribution is -0.136. The van der Waals surface area contributed by atoms with Crippen LogP contribution in [0.15, 0.2) is 36.5 Å². The Morgan fingerprint density at radius 2 is 2.05 bits per heavy atom. The second kappa shape index (κ2) is 5.59. The van der Waals surface area contributed by atoms with Crippen LogP contribution in [0.2, 0.25) is 0 Å². The van der Waals surface area contributed by atoms with Crippen molar-refractivity contribution in [3.63, 3.8) is 0 Å². The summed E-state index contributed by atoms with van der Waals surface area (Å²) in [4.78, 5) is 12.7. The Balaban J connectivity index is 2.35. The van der Waals surface area contributed by atoms with Crippen molar-refractivity contribution in [1.82, 2.24) is 0 Å². The van der Waals surface area contributed by atoms with Crippen LogP contribution in [0.3, 0.4) is 0 Å².